The highest BCUT2D eigenvalue weighted by atomic mass is 79.9. The number of nitrogens with zero attached hydrogens (tertiary/aromatic N) is 1. The molecule has 1 unspecified atom stereocenters. The van der Waals surface area contributed by atoms with Crippen LogP contribution in [0, 0.1) is 10.1 Å². The van der Waals surface area contributed by atoms with Gasteiger partial charge in [0.2, 0.25) is 0 Å². The lowest BCUT2D eigenvalue weighted by Crippen LogP contribution is -2.03. The average Bonchev–Trinajstić information content (AvgIpc) is 2.26. The molecule has 6 heteroatoms. The number of hydrogen-bond acceptors (Lipinski definition) is 4. The van der Waals surface area contributed by atoms with Gasteiger partial charge in [-0.3, -0.25) is 10.1 Å². The van der Waals surface area contributed by atoms with E-state index in [4.69, 9.17) is 5.11 Å². The van der Waals surface area contributed by atoms with Gasteiger partial charge in [-0.15, -0.1) is 0 Å². The molecule has 1 aromatic rings. The van der Waals surface area contributed by atoms with Crippen molar-refractivity contribution in [3.8, 4) is 0 Å². The number of rotatable bonds is 5. The minimum absolute atomic E-state index is 0.0784. The van der Waals surface area contributed by atoms with E-state index < -0.39 is 0 Å². The van der Waals surface area contributed by atoms with Gasteiger partial charge in [0.1, 0.15) is 0 Å². The summed E-state index contributed by atoms with van der Waals surface area (Å²) in [6.45, 7) is 1.96. The summed E-state index contributed by atoms with van der Waals surface area (Å²) in [4.78, 5) is 10.4. The summed E-state index contributed by atoms with van der Waals surface area (Å²) in [5.41, 5.74) is 0.797. The van der Waals surface area contributed by atoms with E-state index in [1.807, 2.05) is 6.92 Å². The first-order valence-corrected chi connectivity index (χ1v) is 6.54. The van der Waals surface area contributed by atoms with E-state index in [1.54, 1.807) is 12.1 Å². The summed E-state index contributed by atoms with van der Waals surface area (Å²) in [5.74, 6) is 0.533. The maximum absolute atomic E-state index is 10.8. The molecule has 0 saturated carbocycles. The Hall–Kier alpha value is -0.590. The number of aliphatic hydroxyl groups excluding tert-OH is 1. The van der Waals surface area contributed by atoms with E-state index in [0.717, 1.165) is 0 Å². The first-order chi connectivity index (χ1) is 7.54. The molecule has 1 N–H and O–H groups in total. The van der Waals surface area contributed by atoms with Gasteiger partial charge in [0.15, 0.2) is 0 Å². The number of benzene rings is 1. The van der Waals surface area contributed by atoms with Gasteiger partial charge in [-0.25, -0.2) is 0 Å². The van der Waals surface area contributed by atoms with Crippen molar-refractivity contribution >= 4 is 33.4 Å². The lowest BCUT2D eigenvalue weighted by Gasteiger charge is -2.07. The van der Waals surface area contributed by atoms with Crippen LogP contribution in [0.1, 0.15) is 12.5 Å². The molecule has 1 aromatic carbocycles. The zero-order valence-corrected chi connectivity index (χ0v) is 11.1. The van der Waals surface area contributed by atoms with Crippen molar-refractivity contribution in [2.75, 3.05) is 6.61 Å². The van der Waals surface area contributed by atoms with Crippen LogP contribution >= 0.6 is 27.7 Å². The molecule has 0 fully saturated rings. The van der Waals surface area contributed by atoms with Crippen LogP contribution in [0.3, 0.4) is 0 Å². The molecule has 0 radical (unpaired) electrons. The second kappa shape index (κ2) is 6.22. The molecule has 16 heavy (non-hydrogen) atoms. The van der Waals surface area contributed by atoms with Gasteiger partial charge in [-0.05, 0) is 6.07 Å². The predicted octanol–water partition coefficient (Wildman–Crippen LogP) is 2.97. The third kappa shape index (κ3) is 3.77. The Labute approximate surface area is 106 Å². The van der Waals surface area contributed by atoms with E-state index in [1.165, 1.54) is 17.8 Å². The summed E-state index contributed by atoms with van der Waals surface area (Å²) >= 11 is 4.70. The van der Waals surface area contributed by atoms with Gasteiger partial charge < -0.3 is 5.11 Å². The summed E-state index contributed by atoms with van der Waals surface area (Å²) in [6.07, 6.45) is 0. The second-order valence-corrected chi connectivity index (χ2v) is 5.68. The Morgan fingerprint density at radius 1 is 1.62 bits per heavy atom. The average molecular weight is 306 g/mol. The fraction of sp³-hybridized carbons (Fsp3) is 0.400. The first kappa shape index (κ1) is 13.5. The van der Waals surface area contributed by atoms with Gasteiger partial charge in [-0.1, -0.05) is 28.9 Å². The van der Waals surface area contributed by atoms with Gasteiger partial charge in [0.05, 0.1) is 11.5 Å². The molecule has 0 aromatic heterocycles. The molecule has 0 heterocycles. The van der Waals surface area contributed by atoms with Crippen LogP contribution in [-0.4, -0.2) is 21.9 Å². The van der Waals surface area contributed by atoms with Crippen LogP contribution in [0.4, 0.5) is 5.69 Å². The van der Waals surface area contributed by atoms with Gasteiger partial charge in [-0.2, -0.15) is 11.8 Å². The van der Waals surface area contributed by atoms with Crippen LogP contribution in [0.25, 0.3) is 0 Å². The first-order valence-electron chi connectivity index (χ1n) is 4.70. The van der Waals surface area contributed by atoms with Crippen LogP contribution in [0.15, 0.2) is 22.7 Å². The number of hydrogen-bond donors (Lipinski definition) is 1. The Kier molecular flexibility index (Phi) is 5.24. The minimum atomic E-state index is -0.385. The van der Waals surface area contributed by atoms with E-state index in [-0.39, 0.29) is 22.5 Å². The maximum atomic E-state index is 10.8. The number of nitro groups is 1. The minimum Gasteiger partial charge on any atom is -0.395 e. The monoisotopic (exact) mass is 305 g/mol. The van der Waals surface area contributed by atoms with Crippen molar-refractivity contribution in [2.45, 2.75) is 17.9 Å². The van der Waals surface area contributed by atoms with Crippen LogP contribution in [0.5, 0.6) is 0 Å². The molecular weight excluding hydrogens is 294 g/mol. The normalized spacial score (nSPS) is 12.4. The number of aliphatic hydroxyl groups is 1. The molecule has 0 aliphatic carbocycles. The largest absolute Gasteiger partial charge is 0.395 e. The fourth-order valence-electron chi connectivity index (χ4n) is 1.11. The second-order valence-electron chi connectivity index (χ2n) is 3.33. The van der Waals surface area contributed by atoms with E-state index in [0.29, 0.717) is 15.8 Å². The summed E-state index contributed by atoms with van der Waals surface area (Å²) in [7, 11) is 0. The van der Waals surface area contributed by atoms with Gasteiger partial charge in [0.25, 0.3) is 5.69 Å². The zero-order chi connectivity index (χ0) is 12.1. The van der Waals surface area contributed by atoms with Crippen molar-refractivity contribution in [1.29, 1.82) is 0 Å². The van der Waals surface area contributed by atoms with Crippen molar-refractivity contribution in [1.82, 2.24) is 0 Å². The standard InChI is InChI=1S/C10H12BrNO3S/c1-7(5-13)16-6-8-2-3-9(11)4-10(8)12(14)15/h2-4,7,13H,5-6H2,1H3. The number of halogens is 1. The molecule has 0 aliphatic rings. The van der Waals surface area contributed by atoms with Gasteiger partial charge >= 0.3 is 0 Å². The zero-order valence-electron chi connectivity index (χ0n) is 8.72. The fourth-order valence-corrected chi connectivity index (χ4v) is 2.28. The Morgan fingerprint density at radius 3 is 2.88 bits per heavy atom. The van der Waals surface area contributed by atoms with E-state index in [2.05, 4.69) is 15.9 Å². The molecule has 4 nitrogen and oxygen atoms in total. The van der Waals surface area contributed by atoms with Gasteiger partial charge in [0, 0.05) is 27.1 Å². The molecule has 0 saturated heterocycles. The summed E-state index contributed by atoms with van der Waals surface area (Å²) in [5, 5.41) is 19.8. The molecule has 0 spiro atoms. The van der Waals surface area contributed by atoms with Crippen molar-refractivity contribution in [2.24, 2.45) is 0 Å². The third-order valence-corrected chi connectivity index (χ3v) is 3.71. The topological polar surface area (TPSA) is 63.4 Å². The smallest absolute Gasteiger partial charge is 0.274 e. The quantitative estimate of drug-likeness (QED) is 0.671. The summed E-state index contributed by atoms with van der Waals surface area (Å²) < 4.78 is 0.697. The van der Waals surface area contributed by atoms with Crippen LogP contribution in [0.2, 0.25) is 0 Å². The molecule has 1 atom stereocenters. The van der Waals surface area contributed by atoms with Crippen molar-refractivity contribution in [3.63, 3.8) is 0 Å². The molecular formula is C10H12BrNO3S. The maximum Gasteiger partial charge on any atom is 0.274 e. The van der Waals surface area contributed by atoms with Crippen LogP contribution in [-0.2, 0) is 5.75 Å². The Bertz CT molecular complexity index is 386. The summed E-state index contributed by atoms with van der Waals surface area (Å²) in [6, 6.07) is 5.02. The highest BCUT2D eigenvalue weighted by Gasteiger charge is 2.14. The Balaban J connectivity index is 2.82. The molecule has 0 amide bonds. The Morgan fingerprint density at radius 2 is 2.31 bits per heavy atom. The molecule has 1 rings (SSSR count). The highest BCUT2D eigenvalue weighted by molar-refractivity contribution is 9.10. The number of thioether (sulfide) groups is 1. The van der Waals surface area contributed by atoms with Crippen molar-refractivity contribution in [3.05, 3.63) is 38.3 Å². The predicted molar refractivity (Wildman–Crippen MR) is 68.6 cm³/mol. The van der Waals surface area contributed by atoms with E-state index >= 15 is 0 Å². The lowest BCUT2D eigenvalue weighted by atomic mass is 10.2. The third-order valence-electron chi connectivity index (χ3n) is 2.02. The molecule has 0 bridgehead atoms. The molecule has 0 aliphatic heterocycles. The molecule has 88 valence electrons. The van der Waals surface area contributed by atoms with Crippen LogP contribution < -0.4 is 0 Å². The lowest BCUT2D eigenvalue weighted by molar-refractivity contribution is -0.385. The van der Waals surface area contributed by atoms with E-state index in [9.17, 15) is 10.1 Å². The number of nitro benzene ring substituents is 1. The highest BCUT2D eigenvalue weighted by Crippen LogP contribution is 2.28. The van der Waals surface area contributed by atoms with Crippen molar-refractivity contribution < 1.29 is 10.0 Å². The SMILES string of the molecule is CC(CO)SCc1ccc(Br)cc1[N+](=O)[O-].